The molecular weight excluding hydrogens is 368 g/mol. The lowest BCUT2D eigenvalue weighted by Crippen LogP contribution is -2.36. The van der Waals surface area contributed by atoms with Crippen LogP contribution in [0.3, 0.4) is 0 Å². The van der Waals surface area contributed by atoms with Crippen LogP contribution in [0.5, 0.6) is 5.75 Å². The first-order chi connectivity index (χ1) is 14.1. The number of amides is 2. The maximum atomic E-state index is 12.8. The van der Waals surface area contributed by atoms with Gasteiger partial charge in [-0.15, -0.1) is 0 Å². The number of rotatable bonds is 5. The Morgan fingerprint density at radius 1 is 1.28 bits per heavy atom. The number of hydrogen-bond acceptors (Lipinski definition) is 4. The number of carbonyl (C=O) groups excluding carboxylic acids is 2. The molecule has 29 heavy (non-hydrogen) atoms. The Kier molecular flexibility index (Phi) is 5.46. The van der Waals surface area contributed by atoms with Crippen molar-refractivity contribution in [2.24, 2.45) is 0 Å². The molecule has 2 N–H and O–H groups in total. The number of fused-ring (bicyclic) bond motifs is 1. The molecule has 7 heteroatoms. The van der Waals surface area contributed by atoms with Crippen LogP contribution in [0.2, 0.25) is 0 Å². The van der Waals surface area contributed by atoms with Gasteiger partial charge in [0.25, 0.3) is 5.91 Å². The zero-order valence-electron chi connectivity index (χ0n) is 16.4. The summed E-state index contributed by atoms with van der Waals surface area (Å²) in [5.41, 5.74) is 2.34. The van der Waals surface area contributed by atoms with Crippen molar-refractivity contribution in [2.75, 3.05) is 13.7 Å². The van der Waals surface area contributed by atoms with Crippen molar-refractivity contribution in [2.45, 2.75) is 31.8 Å². The topological polar surface area (TPSA) is 87.3 Å². The number of nitrogens with one attached hydrogen (secondary N) is 2. The van der Waals surface area contributed by atoms with E-state index in [0.29, 0.717) is 31.5 Å². The van der Waals surface area contributed by atoms with Crippen molar-refractivity contribution in [3.8, 4) is 5.75 Å². The largest absolute Gasteiger partial charge is 0.497 e. The van der Waals surface area contributed by atoms with Crippen LogP contribution in [-0.2, 0) is 11.3 Å². The van der Waals surface area contributed by atoms with Crippen LogP contribution < -0.4 is 10.1 Å². The molecule has 150 valence electrons. The summed E-state index contributed by atoms with van der Waals surface area (Å²) in [6.45, 7) is 1.15. The summed E-state index contributed by atoms with van der Waals surface area (Å²) in [5, 5.41) is 10.9. The molecule has 2 aromatic carbocycles. The number of methoxy groups -OCH3 is 1. The van der Waals surface area contributed by atoms with Crippen molar-refractivity contribution in [3.63, 3.8) is 0 Å². The van der Waals surface area contributed by atoms with Crippen LogP contribution in [0.25, 0.3) is 10.9 Å². The van der Waals surface area contributed by atoms with Gasteiger partial charge >= 0.3 is 0 Å². The monoisotopic (exact) mass is 392 g/mol. The maximum Gasteiger partial charge on any atom is 0.253 e. The third-order valence-corrected chi connectivity index (χ3v) is 5.37. The highest BCUT2D eigenvalue weighted by Gasteiger charge is 2.24. The Bertz CT molecular complexity index is 1030. The standard InChI is InChI=1S/C22H24N4O3/c1-29-18-6-2-4-15(12-18)14-26-11-10-17(8-9-20(26)27)24-22(28)19-7-3-5-16-13-23-25-21(16)19/h2-7,12-13,17H,8-11,14H2,1H3,(H,23,25)(H,24,28). The van der Waals surface area contributed by atoms with E-state index in [1.54, 1.807) is 19.4 Å². The van der Waals surface area contributed by atoms with Gasteiger partial charge in [0.15, 0.2) is 0 Å². The summed E-state index contributed by atoms with van der Waals surface area (Å²) < 4.78 is 5.27. The number of carbonyl (C=O) groups is 2. The lowest BCUT2D eigenvalue weighted by molar-refractivity contribution is -0.131. The third-order valence-electron chi connectivity index (χ3n) is 5.37. The average molecular weight is 392 g/mol. The van der Waals surface area contributed by atoms with Gasteiger partial charge in [0.05, 0.1) is 24.4 Å². The zero-order chi connectivity index (χ0) is 20.2. The van der Waals surface area contributed by atoms with Crippen molar-refractivity contribution < 1.29 is 14.3 Å². The Morgan fingerprint density at radius 3 is 3.00 bits per heavy atom. The molecule has 1 atom stereocenters. The molecule has 1 aliphatic rings. The molecule has 1 aromatic heterocycles. The van der Waals surface area contributed by atoms with Gasteiger partial charge in [-0.2, -0.15) is 5.10 Å². The second-order valence-corrected chi connectivity index (χ2v) is 7.30. The highest BCUT2D eigenvalue weighted by Crippen LogP contribution is 2.20. The molecule has 2 amide bonds. The molecule has 1 aliphatic heterocycles. The summed E-state index contributed by atoms with van der Waals surface area (Å²) in [4.78, 5) is 27.2. The molecule has 7 nitrogen and oxygen atoms in total. The Labute approximate surface area is 169 Å². The molecule has 1 fully saturated rings. The van der Waals surface area contributed by atoms with E-state index in [1.807, 2.05) is 41.3 Å². The summed E-state index contributed by atoms with van der Waals surface area (Å²) in [5.74, 6) is 0.752. The van der Waals surface area contributed by atoms with Crippen LogP contribution in [0.4, 0.5) is 0 Å². The first kappa shape index (κ1) is 19.0. The van der Waals surface area contributed by atoms with E-state index in [1.165, 1.54) is 0 Å². The molecule has 0 aliphatic carbocycles. The Morgan fingerprint density at radius 2 is 2.14 bits per heavy atom. The highest BCUT2D eigenvalue weighted by atomic mass is 16.5. The fourth-order valence-electron chi connectivity index (χ4n) is 3.76. The summed E-state index contributed by atoms with van der Waals surface area (Å²) >= 11 is 0. The van der Waals surface area contributed by atoms with Gasteiger partial charge in [0.1, 0.15) is 5.75 Å². The number of ether oxygens (including phenoxy) is 1. The lowest BCUT2D eigenvalue weighted by Gasteiger charge is -2.21. The predicted octanol–water partition coefficient (Wildman–Crippen LogP) is 2.88. The van der Waals surface area contributed by atoms with Gasteiger partial charge in [0, 0.05) is 30.9 Å². The lowest BCUT2D eigenvalue weighted by atomic mass is 10.1. The van der Waals surface area contributed by atoms with Gasteiger partial charge < -0.3 is 15.0 Å². The second-order valence-electron chi connectivity index (χ2n) is 7.30. The third kappa shape index (κ3) is 4.23. The van der Waals surface area contributed by atoms with Gasteiger partial charge in [-0.25, -0.2) is 0 Å². The number of aromatic amines is 1. The van der Waals surface area contributed by atoms with E-state index in [0.717, 1.165) is 28.6 Å². The number of likely N-dealkylation sites (tertiary alicyclic amines) is 1. The van der Waals surface area contributed by atoms with Gasteiger partial charge in [-0.3, -0.25) is 14.7 Å². The molecule has 4 rings (SSSR count). The molecule has 1 unspecified atom stereocenters. The number of aromatic nitrogens is 2. The maximum absolute atomic E-state index is 12.8. The summed E-state index contributed by atoms with van der Waals surface area (Å²) in [6, 6.07) is 13.3. The van der Waals surface area contributed by atoms with Crippen LogP contribution in [-0.4, -0.2) is 46.6 Å². The molecule has 2 heterocycles. The minimum Gasteiger partial charge on any atom is -0.497 e. The van der Waals surface area contributed by atoms with E-state index in [-0.39, 0.29) is 17.9 Å². The molecule has 0 spiro atoms. The fraction of sp³-hybridized carbons (Fsp3) is 0.318. The van der Waals surface area contributed by atoms with Crippen molar-refractivity contribution in [3.05, 3.63) is 59.8 Å². The SMILES string of the molecule is COc1cccc(CN2CCC(NC(=O)c3cccc4cn[nH]c34)CCC2=O)c1. The Hall–Kier alpha value is -3.35. The quantitative estimate of drug-likeness (QED) is 0.699. The van der Waals surface area contributed by atoms with E-state index < -0.39 is 0 Å². The molecule has 3 aromatic rings. The van der Waals surface area contributed by atoms with Crippen molar-refractivity contribution >= 4 is 22.7 Å². The van der Waals surface area contributed by atoms with Crippen molar-refractivity contribution in [1.29, 1.82) is 0 Å². The minimum atomic E-state index is -0.140. The Balaban J connectivity index is 1.40. The first-order valence-electron chi connectivity index (χ1n) is 9.77. The first-order valence-corrected chi connectivity index (χ1v) is 9.77. The highest BCUT2D eigenvalue weighted by molar-refractivity contribution is 6.05. The second kappa shape index (κ2) is 8.34. The van der Waals surface area contributed by atoms with Crippen molar-refractivity contribution in [1.82, 2.24) is 20.4 Å². The van der Waals surface area contributed by atoms with E-state index in [2.05, 4.69) is 15.5 Å². The fourth-order valence-corrected chi connectivity index (χ4v) is 3.76. The molecule has 0 radical (unpaired) electrons. The number of benzene rings is 2. The summed E-state index contributed by atoms with van der Waals surface area (Å²) in [6.07, 6.45) is 3.48. The molecule has 1 saturated heterocycles. The molecular formula is C22H24N4O3. The average Bonchev–Trinajstić information content (AvgIpc) is 3.16. The van der Waals surface area contributed by atoms with Crippen LogP contribution in [0.1, 0.15) is 35.2 Å². The number of hydrogen-bond donors (Lipinski definition) is 2. The number of nitrogens with zero attached hydrogens (tertiary/aromatic N) is 2. The zero-order valence-corrected chi connectivity index (χ0v) is 16.4. The van der Waals surface area contributed by atoms with E-state index in [4.69, 9.17) is 4.74 Å². The predicted molar refractivity (Wildman–Crippen MR) is 110 cm³/mol. The molecule has 0 bridgehead atoms. The van der Waals surface area contributed by atoms with Crippen LogP contribution >= 0.6 is 0 Å². The summed E-state index contributed by atoms with van der Waals surface area (Å²) in [7, 11) is 1.63. The van der Waals surface area contributed by atoms with E-state index >= 15 is 0 Å². The molecule has 0 saturated carbocycles. The number of H-pyrrole nitrogens is 1. The van der Waals surface area contributed by atoms with Gasteiger partial charge in [0.2, 0.25) is 5.91 Å². The smallest absolute Gasteiger partial charge is 0.253 e. The minimum absolute atomic E-state index is 0.0417. The number of para-hydroxylation sites is 1. The van der Waals surface area contributed by atoms with Gasteiger partial charge in [-0.05, 0) is 36.6 Å². The van der Waals surface area contributed by atoms with Gasteiger partial charge in [-0.1, -0.05) is 24.3 Å². The van der Waals surface area contributed by atoms with E-state index in [9.17, 15) is 9.59 Å². The van der Waals surface area contributed by atoms with Crippen LogP contribution in [0.15, 0.2) is 48.7 Å². The van der Waals surface area contributed by atoms with Crippen LogP contribution in [0, 0.1) is 0 Å². The normalized spacial score (nSPS) is 17.2.